The van der Waals surface area contributed by atoms with Crippen molar-refractivity contribution in [1.29, 1.82) is 0 Å². The van der Waals surface area contributed by atoms with Crippen LogP contribution in [0, 0.1) is 11.7 Å². The van der Waals surface area contributed by atoms with Crippen LogP contribution in [0.5, 0.6) is 5.75 Å². The van der Waals surface area contributed by atoms with Gasteiger partial charge in [0.1, 0.15) is 5.75 Å². The van der Waals surface area contributed by atoms with E-state index in [2.05, 4.69) is 6.58 Å². The average molecular weight is 404 g/mol. The van der Waals surface area contributed by atoms with Gasteiger partial charge in [0.15, 0.2) is 12.4 Å². The molecule has 0 radical (unpaired) electrons. The number of carbonyl (C=O) groups excluding carboxylic acids is 2. The standard InChI is InChI=1S/C17H16F4N2O5/c1-2-3-23-12-7-11(10(18)6-13(12)28-8-15(23)25)22-14(24)4-9(5-16(26)27)17(19,20)21/h2,6-7,9H,1,3-5,8H2,(H,22,24)(H,26,27). The third-order valence-corrected chi connectivity index (χ3v) is 3.89. The lowest BCUT2D eigenvalue weighted by Crippen LogP contribution is -2.39. The van der Waals surface area contributed by atoms with Crippen LogP contribution in [-0.4, -0.2) is 42.2 Å². The van der Waals surface area contributed by atoms with Gasteiger partial charge in [-0.3, -0.25) is 14.4 Å². The monoisotopic (exact) mass is 404 g/mol. The summed E-state index contributed by atoms with van der Waals surface area (Å²) in [6, 6.07) is 1.95. The summed E-state index contributed by atoms with van der Waals surface area (Å²) in [5, 5.41) is 10.6. The lowest BCUT2D eigenvalue weighted by molar-refractivity contribution is -0.185. The molecule has 1 aromatic carbocycles. The molecule has 0 saturated carbocycles. The van der Waals surface area contributed by atoms with Gasteiger partial charge < -0.3 is 20.1 Å². The number of amides is 2. The molecule has 1 aliphatic rings. The van der Waals surface area contributed by atoms with Crippen molar-refractivity contribution in [3.8, 4) is 5.75 Å². The molecule has 2 rings (SSSR count). The van der Waals surface area contributed by atoms with Gasteiger partial charge >= 0.3 is 12.1 Å². The minimum atomic E-state index is -4.91. The summed E-state index contributed by atoms with van der Waals surface area (Å²) in [5.74, 6) is -6.77. The first-order valence-electron chi connectivity index (χ1n) is 7.99. The van der Waals surface area contributed by atoms with Crippen LogP contribution < -0.4 is 15.0 Å². The molecule has 11 heteroatoms. The van der Waals surface area contributed by atoms with Crippen molar-refractivity contribution in [1.82, 2.24) is 0 Å². The van der Waals surface area contributed by atoms with Gasteiger partial charge in [-0.2, -0.15) is 13.2 Å². The number of rotatable bonds is 7. The Kier molecular flexibility index (Phi) is 6.26. The lowest BCUT2D eigenvalue weighted by atomic mass is 10.0. The van der Waals surface area contributed by atoms with Gasteiger partial charge in [-0.1, -0.05) is 6.08 Å². The Hall–Kier alpha value is -3.11. The molecular formula is C17H16F4N2O5. The number of nitrogens with one attached hydrogen (secondary N) is 1. The molecule has 1 aliphatic heterocycles. The summed E-state index contributed by atoms with van der Waals surface area (Å²) < 4.78 is 57.9. The number of anilines is 2. The highest BCUT2D eigenvalue weighted by atomic mass is 19.4. The van der Waals surface area contributed by atoms with E-state index < -0.39 is 54.2 Å². The van der Waals surface area contributed by atoms with Crippen LogP contribution in [0.25, 0.3) is 0 Å². The second-order valence-electron chi connectivity index (χ2n) is 5.97. The molecule has 0 spiro atoms. The fourth-order valence-electron chi connectivity index (χ4n) is 2.59. The van der Waals surface area contributed by atoms with Crippen LogP contribution in [0.2, 0.25) is 0 Å². The summed E-state index contributed by atoms with van der Waals surface area (Å²) in [6.07, 6.45) is -5.99. The van der Waals surface area contributed by atoms with Crippen molar-refractivity contribution >= 4 is 29.2 Å². The summed E-state index contributed by atoms with van der Waals surface area (Å²) in [4.78, 5) is 35.7. The molecule has 2 amide bonds. The predicted octanol–water partition coefficient (Wildman–Crippen LogP) is 2.72. The maximum Gasteiger partial charge on any atom is 0.392 e. The number of hydrogen-bond donors (Lipinski definition) is 2. The SMILES string of the molecule is C=CCN1C(=O)COc2cc(F)c(NC(=O)CC(CC(=O)O)C(F)(F)F)cc21. The minimum absolute atomic E-state index is 0.0241. The molecule has 2 N–H and O–H groups in total. The van der Waals surface area contributed by atoms with E-state index >= 15 is 0 Å². The predicted molar refractivity (Wildman–Crippen MR) is 89.5 cm³/mol. The van der Waals surface area contributed by atoms with E-state index in [0.717, 1.165) is 12.1 Å². The van der Waals surface area contributed by atoms with Crippen LogP contribution in [0.15, 0.2) is 24.8 Å². The number of hydrogen-bond acceptors (Lipinski definition) is 4. The van der Waals surface area contributed by atoms with Crippen molar-refractivity contribution in [3.63, 3.8) is 0 Å². The van der Waals surface area contributed by atoms with Gasteiger partial charge in [0, 0.05) is 19.0 Å². The van der Waals surface area contributed by atoms with E-state index in [9.17, 15) is 31.9 Å². The number of alkyl halides is 3. The number of nitrogens with zero attached hydrogens (tertiary/aromatic N) is 1. The average Bonchev–Trinajstić information content (AvgIpc) is 2.57. The van der Waals surface area contributed by atoms with E-state index in [1.807, 2.05) is 5.32 Å². The Morgan fingerprint density at radius 2 is 2.04 bits per heavy atom. The molecule has 0 aromatic heterocycles. The molecule has 0 bridgehead atoms. The normalized spacial score (nSPS) is 14.7. The second kappa shape index (κ2) is 8.28. The maximum atomic E-state index is 14.2. The van der Waals surface area contributed by atoms with Gasteiger partial charge in [0.2, 0.25) is 5.91 Å². The highest BCUT2D eigenvalue weighted by Crippen LogP contribution is 2.37. The number of carbonyl (C=O) groups is 3. The van der Waals surface area contributed by atoms with Crippen LogP contribution in [-0.2, 0) is 14.4 Å². The summed E-state index contributed by atoms with van der Waals surface area (Å²) in [6.45, 7) is 3.24. The first-order valence-corrected chi connectivity index (χ1v) is 7.99. The zero-order chi connectivity index (χ0) is 21.1. The zero-order valence-corrected chi connectivity index (χ0v) is 14.4. The van der Waals surface area contributed by atoms with E-state index in [1.165, 1.54) is 11.0 Å². The number of benzene rings is 1. The van der Waals surface area contributed by atoms with Gasteiger partial charge in [0.25, 0.3) is 5.91 Å². The summed E-state index contributed by atoms with van der Waals surface area (Å²) in [7, 11) is 0. The first kappa shape index (κ1) is 21.2. The molecule has 1 aromatic rings. The Labute approximate surface area is 156 Å². The largest absolute Gasteiger partial charge is 0.481 e. The number of ether oxygens (including phenoxy) is 1. The topological polar surface area (TPSA) is 95.9 Å². The van der Waals surface area contributed by atoms with Crippen LogP contribution in [0.1, 0.15) is 12.8 Å². The third-order valence-electron chi connectivity index (χ3n) is 3.89. The minimum Gasteiger partial charge on any atom is -0.481 e. The Bertz CT molecular complexity index is 809. The molecule has 1 atom stereocenters. The third kappa shape index (κ3) is 4.99. The number of aliphatic carboxylic acids is 1. The fraction of sp³-hybridized carbons (Fsp3) is 0.353. The molecular weight excluding hydrogens is 388 g/mol. The summed E-state index contributed by atoms with van der Waals surface area (Å²) >= 11 is 0. The van der Waals surface area contributed by atoms with Crippen LogP contribution in [0.4, 0.5) is 28.9 Å². The Morgan fingerprint density at radius 1 is 1.36 bits per heavy atom. The Morgan fingerprint density at radius 3 is 2.61 bits per heavy atom. The number of carboxylic acids is 1. The smallest absolute Gasteiger partial charge is 0.392 e. The number of fused-ring (bicyclic) bond motifs is 1. The highest BCUT2D eigenvalue weighted by Gasteiger charge is 2.42. The van der Waals surface area contributed by atoms with Crippen molar-refractivity contribution in [3.05, 3.63) is 30.6 Å². The molecule has 0 saturated heterocycles. The van der Waals surface area contributed by atoms with E-state index in [-0.39, 0.29) is 24.6 Å². The fourth-order valence-corrected chi connectivity index (χ4v) is 2.59. The second-order valence-corrected chi connectivity index (χ2v) is 5.97. The number of halogens is 4. The molecule has 152 valence electrons. The first-order chi connectivity index (χ1) is 13.0. The molecule has 1 heterocycles. The zero-order valence-electron chi connectivity index (χ0n) is 14.4. The van der Waals surface area contributed by atoms with Crippen molar-refractivity contribution in [2.24, 2.45) is 5.92 Å². The van der Waals surface area contributed by atoms with Crippen molar-refractivity contribution in [2.75, 3.05) is 23.4 Å². The van der Waals surface area contributed by atoms with Gasteiger partial charge in [-0.05, 0) is 6.07 Å². The quantitative estimate of drug-likeness (QED) is 0.538. The maximum absolute atomic E-state index is 14.2. The molecule has 1 unspecified atom stereocenters. The van der Waals surface area contributed by atoms with E-state index in [1.54, 1.807) is 0 Å². The van der Waals surface area contributed by atoms with Crippen LogP contribution >= 0.6 is 0 Å². The van der Waals surface area contributed by atoms with Crippen LogP contribution in [0.3, 0.4) is 0 Å². The van der Waals surface area contributed by atoms with Gasteiger partial charge in [-0.15, -0.1) is 6.58 Å². The molecule has 0 fully saturated rings. The van der Waals surface area contributed by atoms with Gasteiger partial charge in [0.05, 0.1) is 23.7 Å². The molecule has 0 aliphatic carbocycles. The summed E-state index contributed by atoms with van der Waals surface area (Å²) in [5.41, 5.74) is -0.349. The van der Waals surface area contributed by atoms with Crippen molar-refractivity contribution < 1.29 is 41.8 Å². The number of carboxylic acid groups (broad SMARTS) is 1. The van der Waals surface area contributed by atoms with Gasteiger partial charge in [-0.25, -0.2) is 4.39 Å². The Balaban J connectivity index is 2.24. The lowest BCUT2D eigenvalue weighted by Gasteiger charge is -2.29. The van der Waals surface area contributed by atoms with Crippen molar-refractivity contribution in [2.45, 2.75) is 19.0 Å². The highest BCUT2D eigenvalue weighted by molar-refractivity contribution is 6.00. The van der Waals surface area contributed by atoms with E-state index in [4.69, 9.17) is 9.84 Å². The molecule has 28 heavy (non-hydrogen) atoms. The molecule has 7 nitrogen and oxygen atoms in total. The van der Waals surface area contributed by atoms with E-state index in [0.29, 0.717) is 0 Å².